The molecule has 0 aromatic heterocycles. The molecule has 3 nitrogen and oxygen atoms in total. The molecule has 122 valence electrons. The third kappa shape index (κ3) is 3.05. The number of allylic oxidation sites excluding steroid dienone is 3. The second-order valence-corrected chi connectivity index (χ2v) is 7.07. The number of ether oxygens (including phenoxy) is 1. The Morgan fingerprint density at radius 1 is 1.43 bits per heavy atom. The number of ketones is 1. The van der Waals surface area contributed by atoms with Gasteiger partial charge in [-0.05, 0) is 69.9 Å². The lowest BCUT2D eigenvalue weighted by Gasteiger charge is -2.45. The van der Waals surface area contributed by atoms with Crippen LogP contribution in [-0.4, -0.2) is 16.5 Å². The van der Waals surface area contributed by atoms with Crippen LogP contribution >= 0.6 is 0 Å². The minimum atomic E-state index is -0.317. The van der Waals surface area contributed by atoms with Gasteiger partial charge in [-0.2, -0.15) is 0 Å². The molecule has 0 amide bonds. The van der Waals surface area contributed by atoms with Crippen molar-refractivity contribution in [2.45, 2.75) is 52.1 Å². The van der Waals surface area contributed by atoms with Crippen molar-refractivity contribution in [2.24, 2.45) is 5.92 Å². The fourth-order valence-electron chi connectivity index (χ4n) is 3.72. The number of phenols is 1. The summed E-state index contributed by atoms with van der Waals surface area (Å²) in [4.78, 5) is 11.9. The number of hydrogen-bond donors (Lipinski definition) is 1. The molecule has 2 atom stereocenters. The monoisotopic (exact) mass is 312 g/mol. The third-order valence-electron chi connectivity index (χ3n) is 4.92. The van der Waals surface area contributed by atoms with Crippen molar-refractivity contribution in [3.05, 3.63) is 41.5 Å². The van der Waals surface area contributed by atoms with E-state index in [4.69, 9.17) is 4.74 Å². The van der Waals surface area contributed by atoms with Gasteiger partial charge in [-0.3, -0.25) is 4.79 Å². The van der Waals surface area contributed by atoms with Crippen molar-refractivity contribution in [1.29, 1.82) is 0 Å². The Labute approximate surface area is 137 Å². The zero-order chi connectivity index (χ0) is 16.6. The maximum Gasteiger partial charge on any atom is 0.156 e. The fourth-order valence-corrected chi connectivity index (χ4v) is 3.72. The Hall–Kier alpha value is -2.03. The summed E-state index contributed by atoms with van der Waals surface area (Å²) in [5, 5.41) is 9.80. The predicted octanol–water partition coefficient (Wildman–Crippen LogP) is 4.65. The van der Waals surface area contributed by atoms with Crippen LogP contribution in [0.3, 0.4) is 0 Å². The van der Waals surface area contributed by atoms with Crippen LogP contribution < -0.4 is 4.74 Å². The van der Waals surface area contributed by atoms with E-state index in [1.807, 2.05) is 0 Å². The highest BCUT2D eigenvalue weighted by molar-refractivity contribution is 6.00. The molecule has 0 fully saturated rings. The van der Waals surface area contributed by atoms with Crippen molar-refractivity contribution in [3.8, 4) is 11.5 Å². The van der Waals surface area contributed by atoms with Gasteiger partial charge >= 0.3 is 0 Å². The molecular weight excluding hydrogens is 288 g/mol. The van der Waals surface area contributed by atoms with Gasteiger partial charge in [0, 0.05) is 17.9 Å². The number of aromatic hydroxyl groups is 1. The number of carbonyl (C=O) groups excluding carboxylic acids is 1. The molecule has 0 spiro atoms. The van der Waals surface area contributed by atoms with Crippen LogP contribution in [0.2, 0.25) is 0 Å². The largest absolute Gasteiger partial charge is 0.508 e. The average Bonchev–Trinajstić information content (AvgIpc) is 2.48. The second-order valence-electron chi connectivity index (χ2n) is 7.07. The molecule has 0 saturated carbocycles. The number of carbonyl (C=O) groups is 1. The number of benzene rings is 1. The van der Waals surface area contributed by atoms with E-state index in [2.05, 4.69) is 26.8 Å². The molecule has 1 aliphatic heterocycles. The molecule has 1 N–H and O–H groups in total. The van der Waals surface area contributed by atoms with Crippen molar-refractivity contribution in [3.63, 3.8) is 0 Å². The molecule has 23 heavy (non-hydrogen) atoms. The van der Waals surface area contributed by atoms with Crippen LogP contribution in [0, 0.1) is 5.92 Å². The van der Waals surface area contributed by atoms with E-state index in [0.29, 0.717) is 6.42 Å². The minimum absolute atomic E-state index is 0.166. The van der Waals surface area contributed by atoms with Crippen molar-refractivity contribution in [1.82, 2.24) is 0 Å². The molecule has 1 aliphatic carbocycles. The van der Waals surface area contributed by atoms with E-state index in [0.717, 1.165) is 36.1 Å². The van der Waals surface area contributed by atoms with E-state index >= 15 is 0 Å². The van der Waals surface area contributed by atoms with E-state index in [-0.39, 0.29) is 23.1 Å². The molecular formula is C20H24O3. The molecule has 1 heterocycles. The average molecular weight is 312 g/mol. The molecule has 1 aromatic rings. The zero-order valence-corrected chi connectivity index (χ0v) is 14.1. The van der Waals surface area contributed by atoms with Gasteiger partial charge in [-0.15, -0.1) is 0 Å². The molecule has 0 saturated heterocycles. The first-order valence-corrected chi connectivity index (χ1v) is 8.29. The van der Waals surface area contributed by atoms with Crippen LogP contribution in [0.4, 0.5) is 0 Å². The first kappa shape index (κ1) is 15.9. The predicted molar refractivity (Wildman–Crippen MR) is 91.5 cm³/mol. The standard InChI is InChI=1S/C20H24O3/c1-13(2)5-4-10-20(3)18-8-6-14(21)11-16(18)17-12-15(22)7-9-19(17)23-20/h5,7,9,11-12,18,22H,4,6,8,10H2,1-3H3/t18-,20-/m1/s1. The Bertz CT molecular complexity index is 695. The van der Waals surface area contributed by atoms with Crippen LogP contribution in [-0.2, 0) is 4.79 Å². The lowest BCUT2D eigenvalue weighted by atomic mass is 9.70. The Balaban J connectivity index is 2.01. The van der Waals surface area contributed by atoms with E-state index in [1.165, 1.54) is 5.57 Å². The smallest absolute Gasteiger partial charge is 0.156 e. The number of fused-ring (bicyclic) bond motifs is 3. The highest BCUT2D eigenvalue weighted by Crippen LogP contribution is 2.50. The molecule has 0 unspecified atom stereocenters. The summed E-state index contributed by atoms with van der Waals surface area (Å²) >= 11 is 0. The molecule has 3 rings (SSSR count). The normalized spacial score (nSPS) is 25.8. The maximum atomic E-state index is 11.9. The molecule has 2 aliphatic rings. The van der Waals surface area contributed by atoms with Gasteiger partial charge in [0.25, 0.3) is 0 Å². The lowest BCUT2D eigenvalue weighted by Crippen LogP contribution is -2.45. The van der Waals surface area contributed by atoms with Crippen LogP contribution in [0.15, 0.2) is 35.9 Å². The van der Waals surface area contributed by atoms with E-state index < -0.39 is 0 Å². The van der Waals surface area contributed by atoms with Gasteiger partial charge in [0.15, 0.2) is 5.78 Å². The van der Waals surface area contributed by atoms with Gasteiger partial charge < -0.3 is 9.84 Å². The Kier molecular flexibility index (Phi) is 4.05. The molecule has 3 heteroatoms. The Morgan fingerprint density at radius 3 is 2.96 bits per heavy atom. The van der Waals surface area contributed by atoms with Crippen LogP contribution in [0.25, 0.3) is 5.57 Å². The summed E-state index contributed by atoms with van der Waals surface area (Å²) in [6.07, 6.45) is 7.25. The zero-order valence-electron chi connectivity index (χ0n) is 14.1. The number of rotatable bonds is 3. The molecule has 0 radical (unpaired) electrons. The number of hydrogen-bond acceptors (Lipinski definition) is 3. The fraction of sp³-hybridized carbons (Fsp3) is 0.450. The summed E-state index contributed by atoms with van der Waals surface area (Å²) in [5.74, 6) is 1.33. The van der Waals surface area contributed by atoms with Gasteiger partial charge in [0.1, 0.15) is 17.1 Å². The number of phenolic OH excluding ortho intramolecular Hbond substituents is 1. The minimum Gasteiger partial charge on any atom is -0.508 e. The van der Waals surface area contributed by atoms with Gasteiger partial charge in [0.2, 0.25) is 0 Å². The summed E-state index contributed by atoms with van der Waals surface area (Å²) in [5.41, 5.74) is 2.88. The van der Waals surface area contributed by atoms with E-state index in [1.54, 1.807) is 24.3 Å². The SMILES string of the molecule is CC(C)=CCC[C@@]1(C)Oc2ccc(O)cc2C2=CC(=O)CC[C@H]21. The second kappa shape index (κ2) is 5.88. The summed E-state index contributed by atoms with van der Waals surface area (Å²) in [7, 11) is 0. The quantitative estimate of drug-likeness (QED) is 0.826. The summed E-state index contributed by atoms with van der Waals surface area (Å²) < 4.78 is 6.37. The highest BCUT2D eigenvalue weighted by atomic mass is 16.5. The topological polar surface area (TPSA) is 46.5 Å². The highest BCUT2D eigenvalue weighted by Gasteiger charge is 2.44. The van der Waals surface area contributed by atoms with Crippen molar-refractivity contribution in [2.75, 3.05) is 0 Å². The molecule has 1 aromatic carbocycles. The van der Waals surface area contributed by atoms with Crippen LogP contribution in [0.5, 0.6) is 11.5 Å². The van der Waals surface area contributed by atoms with Gasteiger partial charge in [-0.25, -0.2) is 0 Å². The van der Waals surface area contributed by atoms with Crippen LogP contribution in [0.1, 0.15) is 52.0 Å². The third-order valence-corrected chi connectivity index (χ3v) is 4.92. The first-order chi connectivity index (χ1) is 10.9. The summed E-state index contributed by atoms with van der Waals surface area (Å²) in [6.45, 7) is 6.36. The van der Waals surface area contributed by atoms with Crippen molar-refractivity contribution >= 4 is 11.4 Å². The lowest BCUT2D eigenvalue weighted by molar-refractivity contribution is -0.115. The summed E-state index contributed by atoms with van der Waals surface area (Å²) in [6, 6.07) is 5.16. The Morgan fingerprint density at radius 2 is 2.22 bits per heavy atom. The van der Waals surface area contributed by atoms with Gasteiger partial charge in [0.05, 0.1) is 0 Å². The van der Waals surface area contributed by atoms with Gasteiger partial charge in [-0.1, -0.05) is 11.6 Å². The maximum absolute atomic E-state index is 11.9. The van der Waals surface area contributed by atoms with Crippen molar-refractivity contribution < 1.29 is 14.6 Å². The van der Waals surface area contributed by atoms with E-state index in [9.17, 15) is 9.90 Å². The first-order valence-electron chi connectivity index (χ1n) is 8.29. The molecule has 0 bridgehead atoms.